The Morgan fingerprint density at radius 3 is 2.29 bits per heavy atom. The van der Waals surface area contributed by atoms with E-state index in [1.807, 2.05) is 27.8 Å². The van der Waals surface area contributed by atoms with Crippen LogP contribution in [0.15, 0.2) is 53.2 Å². The molecule has 0 saturated carbocycles. The van der Waals surface area contributed by atoms with Gasteiger partial charge in [-0.05, 0) is 61.6 Å². The number of thiophene rings is 1. The van der Waals surface area contributed by atoms with E-state index in [-0.39, 0.29) is 5.91 Å². The second kappa shape index (κ2) is 12.0. The van der Waals surface area contributed by atoms with Crippen molar-refractivity contribution >= 4 is 40.4 Å². The zero-order chi connectivity index (χ0) is 26.8. The van der Waals surface area contributed by atoms with Crippen molar-refractivity contribution in [2.45, 2.75) is 44.8 Å². The summed E-state index contributed by atoms with van der Waals surface area (Å²) in [4.78, 5) is 20.2. The van der Waals surface area contributed by atoms with Crippen molar-refractivity contribution in [3.05, 3.63) is 74.4 Å². The molecule has 0 N–H and O–H groups in total. The van der Waals surface area contributed by atoms with Crippen molar-refractivity contribution in [3.8, 4) is 16.9 Å². The molecule has 2 saturated heterocycles. The Labute approximate surface area is 239 Å². The number of halogens is 2. The minimum atomic E-state index is 0.0954. The maximum atomic E-state index is 13.0. The van der Waals surface area contributed by atoms with Crippen molar-refractivity contribution in [2.24, 2.45) is 0 Å². The molecule has 5 nitrogen and oxygen atoms in total. The summed E-state index contributed by atoms with van der Waals surface area (Å²) in [5.41, 5.74) is 4.16. The number of methoxy groups -OCH3 is 1. The first kappa shape index (κ1) is 27.5. The van der Waals surface area contributed by atoms with E-state index >= 15 is 0 Å². The third-order valence-corrected chi connectivity index (χ3v) is 9.30. The van der Waals surface area contributed by atoms with Crippen LogP contribution in [0.4, 0.5) is 0 Å². The quantitative estimate of drug-likeness (QED) is 0.316. The third kappa shape index (κ3) is 5.90. The average Bonchev–Trinajstić information content (AvgIpc) is 3.41. The molecule has 1 amide bonds. The monoisotopic (exact) mass is 571 g/mol. The number of piperazine rings is 1. The number of likely N-dealkylation sites (tertiary alicyclic amines) is 1. The lowest BCUT2D eigenvalue weighted by Crippen LogP contribution is -2.57. The van der Waals surface area contributed by atoms with Crippen LogP contribution < -0.4 is 4.74 Å². The average molecular weight is 573 g/mol. The van der Waals surface area contributed by atoms with Gasteiger partial charge in [-0.1, -0.05) is 47.5 Å². The fraction of sp³-hybridized carbons (Fsp3) is 0.433. The number of ether oxygens (including phenoxy) is 1. The summed E-state index contributed by atoms with van der Waals surface area (Å²) in [6.45, 7) is 9.41. The molecule has 0 aliphatic carbocycles. The van der Waals surface area contributed by atoms with Gasteiger partial charge < -0.3 is 9.64 Å². The lowest BCUT2D eigenvalue weighted by molar-refractivity contribution is 0.0135. The van der Waals surface area contributed by atoms with Crippen LogP contribution in [-0.4, -0.2) is 72.5 Å². The van der Waals surface area contributed by atoms with E-state index in [2.05, 4.69) is 47.9 Å². The number of carbonyl (C=O) groups is 1. The van der Waals surface area contributed by atoms with E-state index in [0.29, 0.717) is 39.5 Å². The van der Waals surface area contributed by atoms with Crippen LogP contribution in [-0.2, 0) is 0 Å². The number of rotatable bonds is 6. The number of hydrogen-bond acceptors (Lipinski definition) is 5. The summed E-state index contributed by atoms with van der Waals surface area (Å²) >= 11 is 13.9. The van der Waals surface area contributed by atoms with Crippen LogP contribution in [0.1, 0.15) is 48.7 Å². The highest BCUT2D eigenvalue weighted by atomic mass is 35.5. The number of piperidine rings is 1. The molecule has 2 atom stereocenters. The van der Waals surface area contributed by atoms with Crippen LogP contribution in [0.3, 0.4) is 0 Å². The molecule has 202 valence electrons. The molecule has 0 unspecified atom stereocenters. The normalized spacial score (nSPS) is 20.4. The van der Waals surface area contributed by atoms with Gasteiger partial charge in [0.05, 0.1) is 12.7 Å². The molecule has 2 fully saturated rings. The number of benzene rings is 2. The van der Waals surface area contributed by atoms with Crippen molar-refractivity contribution in [1.82, 2.24) is 14.7 Å². The standard InChI is InChI=1S/C30H35Cl2N3O2S/c1-20-17-34(27-8-10-33(11-9-27)30(36)28-18-38-19-29(28)37-3)12-13-35(20)21(2)22-4-6-23(7-5-22)24-14-25(31)16-26(32)15-24/h4-7,14-16,18-21,27H,8-13,17H2,1-3H3/t20-,21+/m1/s1. The Hall–Kier alpha value is -2.09. The highest BCUT2D eigenvalue weighted by Gasteiger charge is 2.34. The van der Waals surface area contributed by atoms with Crippen LogP contribution in [0.25, 0.3) is 11.1 Å². The predicted octanol–water partition coefficient (Wildman–Crippen LogP) is 7.10. The summed E-state index contributed by atoms with van der Waals surface area (Å²) in [5.74, 6) is 0.780. The number of nitrogens with zero attached hydrogens (tertiary/aromatic N) is 3. The molecule has 2 aliphatic heterocycles. The first-order chi connectivity index (χ1) is 18.3. The SMILES string of the molecule is COc1cscc1C(=O)N1CCC(N2CCN([C@@H](C)c3ccc(-c4cc(Cl)cc(Cl)c4)cc3)[C@H](C)C2)CC1. The summed E-state index contributed by atoms with van der Waals surface area (Å²) in [7, 11) is 1.62. The van der Waals surface area contributed by atoms with Gasteiger partial charge in [0.2, 0.25) is 0 Å². The molecule has 5 rings (SSSR count). The smallest absolute Gasteiger partial charge is 0.258 e. The van der Waals surface area contributed by atoms with Crippen molar-refractivity contribution in [3.63, 3.8) is 0 Å². The van der Waals surface area contributed by atoms with Crippen molar-refractivity contribution in [2.75, 3.05) is 39.8 Å². The van der Waals surface area contributed by atoms with E-state index < -0.39 is 0 Å². The van der Waals surface area contributed by atoms with Gasteiger partial charge in [0.15, 0.2) is 0 Å². The van der Waals surface area contributed by atoms with E-state index in [1.54, 1.807) is 13.2 Å². The van der Waals surface area contributed by atoms with Gasteiger partial charge in [0, 0.05) is 71.7 Å². The molecule has 0 spiro atoms. The van der Waals surface area contributed by atoms with Crippen LogP contribution in [0.2, 0.25) is 10.0 Å². The molecular weight excluding hydrogens is 537 g/mol. The van der Waals surface area contributed by atoms with E-state index in [4.69, 9.17) is 27.9 Å². The molecule has 8 heteroatoms. The minimum Gasteiger partial charge on any atom is -0.495 e. The van der Waals surface area contributed by atoms with Crippen LogP contribution in [0.5, 0.6) is 5.75 Å². The molecule has 38 heavy (non-hydrogen) atoms. The Bertz CT molecular complexity index is 1240. The highest BCUT2D eigenvalue weighted by molar-refractivity contribution is 7.08. The number of amides is 1. The molecule has 2 aromatic carbocycles. The van der Waals surface area contributed by atoms with Crippen LogP contribution >= 0.6 is 34.5 Å². The summed E-state index contributed by atoms with van der Waals surface area (Å²) in [6, 6.07) is 15.8. The molecule has 3 heterocycles. The van der Waals surface area contributed by atoms with Crippen LogP contribution in [0, 0.1) is 0 Å². The molecule has 1 aromatic heterocycles. The zero-order valence-corrected chi connectivity index (χ0v) is 24.5. The second-order valence-corrected chi connectivity index (χ2v) is 12.0. The van der Waals surface area contributed by atoms with Gasteiger partial charge >= 0.3 is 0 Å². The third-order valence-electron chi connectivity index (χ3n) is 8.14. The van der Waals surface area contributed by atoms with Gasteiger partial charge in [0.25, 0.3) is 5.91 Å². The molecule has 2 aliphatic rings. The Morgan fingerprint density at radius 2 is 1.66 bits per heavy atom. The maximum Gasteiger partial charge on any atom is 0.258 e. The molecule has 0 radical (unpaired) electrons. The van der Waals surface area contributed by atoms with E-state index in [0.717, 1.165) is 56.7 Å². The predicted molar refractivity (Wildman–Crippen MR) is 158 cm³/mol. The van der Waals surface area contributed by atoms with E-state index in [1.165, 1.54) is 16.9 Å². The highest BCUT2D eigenvalue weighted by Crippen LogP contribution is 2.32. The van der Waals surface area contributed by atoms with Gasteiger partial charge in [-0.25, -0.2) is 0 Å². The Kier molecular flexibility index (Phi) is 8.65. The van der Waals surface area contributed by atoms with Crippen molar-refractivity contribution < 1.29 is 9.53 Å². The second-order valence-electron chi connectivity index (χ2n) is 10.4. The summed E-state index contributed by atoms with van der Waals surface area (Å²) in [5, 5.41) is 5.09. The van der Waals surface area contributed by atoms with Gasteiger partial charge in [-0.15, -0.1) is 11.3 Å². The lowest BCUT2D eigenvalue weighted by atomic mass is 9.97. The molecular formula is C30H35Cl2N3O2S. The Balaban J connectivity index is 1.15. The lowest BCUT2D eigenvalue weighted by Gasteiger charge is -2.47. The first-order valence-electron chi connectivity index (χ1n) is 13.3. The summed E-state index contributed by atoms with van der Waals surface area (Å²) in [6.07, 6.45) is 2.05. The maximum absolute atomic E-state index is 13.0. The largest absolute Gasteiger partial charge is 0.495 e. The zero-order valence-electron chi connectivity index (χ0n) is 22.2. The fourth-order valence-electron chi connectivity index (χ4n) is 5.98. The van der Waals surface area contributed by atoms with Gasteiger partial charge in [-0.3, -0.25) is 14.6 Å². The topological polar surface area (TPSA) is 36.0 Å². The summed E-state index contributed by atoms with van der Waals surface area (Å²) < 4.78 is 5.36. The fourth-order valence-corrected chi connectivity index (χ4v) is 7.27. The minimum absolute atomic E-state index is 0.0954. The number of hydrogen-bond donors (Lipinski definition) is 0. The number of carbonyl (C=O) groups excluding carboxylic acids is 1. The van der Waals surface area contributed by atoms with Crippen molar-refractivity contribution in [1.29, 1.82) is 0 Å². The van der Waals surface area contributed by atoms with E-state index in [9.17, 15) is 4.79 Å². The van der Waals surface area contributed by atoms with Gasteiger partial charge in [-0.2, -0.15) is 0 Å². The molecule has 3 aromatic rings. The Morgan fingerprint density at radius 1 is 0.974 bits per heavy atom. The first-order valence-corrected chi connectivity index (χ1v) is 15.0. The molecule has 0 bridgehead atoms. The van der Waals surface area contributed by atoms with Gasteiger partial charge in [0.1, 0.15) is 5.75 Å².